The molecule has 0 fully saturated rings. The van der Waals surface area contributed by atoms with E-state index in [4.69, 9.17) is 0 Å². The van der Waals surface area contributed by atoms with E-state index in [9.17, 15) is 4.79 Å². The van der Waals surface area contributed by atoms with Gasteiger partial charge < -0.3 is 10.3 Å². The molecule has 3 N–H and O–H groups in total. The number of carbonyl (C=O) groups excluding carboxylic acids is 1. The number of nitrogens with one attached hydrogen (secondary N) is 3. The van der Waals surface area contributed by atoms with Crippen molar-refractivity contribution < 1.29 is 4.79 Å². The van der Waals surface area contributed by atoms with Crippen LogP contribution in [-0.2, 0) is 4.79 Å². The predicted octanol–water partition coefficient (Wildman–Crippen LogP) is 1.61. The smallest absolute Gasteiger partial charge is 0.259 e. The number of carbonyl (C=O) groups is 1. The van der Waals surface area contributed by atoms with Gasteiger partial charge in [-0.05, 0) is 36.4 Å². The third-order valence-electron chi connectivity index (χ3n) is 3.59. The highest BCUT2D eigenvalue weighted by Crippen LogP contribution is 2.24. The highest BCUT2D eigenvalue weighted by Gasteiger charge is 2.13. The summed E-state index contributed by atoms with van der Waals surface area (Å²) in [6.07, 6.45) is 3.55. The van der Waals surface area contributed by atoms with Gasteiger partial charge in [-0.2, -0.15) is 5.10 Å². The normalized spacial score (nSPS) is 14.4. The largest absolute Gasteiger partial charge is 0.359 e. The SMILES string of the molecule is O=C1CNC(c2ccc3[nH]c(-c4ccncc4)cc3c2)=NN1. The molecule has 0 saturated carbocycles. The summed E-state index contributed by atoms with van der Waals surface area (Å²) in [6.45, 7) is 0.242. The number of benzene rings is 1. The van der Waals surface area contributed by atoms with Crippen molar-refractivity contribution in [3.63, 3.8) is 0 Å². The second-order valence-corrected chi connectivity index (χ2v) is 5.07. The summed E-state index contributed by atoms with van der Waals surface area (Å²) in [7, 11) is 0. The van der Waals surface area contributed by atoms with Crippen LogP contribution in [0.4, 0.5) is 0 Å². The maximum Gasteiger partial charge on any atom is 0.259 e. The van der Waals surface area contributed by atoms with Gasteiger partial charge >= 0.3 is 0 Å². The summed E-state index contributed by atoms with van der Waals surface area (Å²) in [6, 6.07) is 12.0. The molecule has 1 amide bonds. The van der Waals surface area contributed by atoms with Gasteiger partial charge in [-0.15, -0.1) is 0 Å². The summed E-state index contributed by atoms with van der Waals surface area (Å²) in [5.74, 6) is 0.541. The second kappa shape index (κ2) is 5.00. The van der Waals surface area contributed by atoms with Crippen LogP contribution in [0.5, 0.6) is 0 Å². The number of hydrazone groups is 1. The summed E-state index contributed by atoms with van der Waals surface area (Å²) < 4.78 is 0. The highest BCUT2D eigenvalue weighted by molar-refractivity contribution is 6.05. The zero-order valence-electron chi connectivity index (χ0n) is 11.6. The molecular formula is C16H13N5O. The zero-order chi connectivity index (χ0) is 14.9. The van der Waals surface area contributed by atoms with Crippen LogP contribution in [0.1, 0.15) is 5.56 Å². The monoisotopic (exact) mass is 291 g/mol. The van der Waals surface area contributed by atoms with Gasteiger partial charge in [0.2, 0.25) is 0 Å². The molecule has 3 heterocycles. The first-order valence-corrected chi connectivity index (χ1v) is 6.93. The molecule has 6 nitrogen and oxygen atoms in total. The number of rotatable bonds is 2. The number of amides is 1. The molecule has 0 saturated heterocycles. The highest BCUT2D eigenvalue weighted by atomic mass is 16.2. The number of pyridine rings is 1. The molecular weight excluding hydrogens is 278 g/mol. The van der Waals surface area contributed by atoms with Gasteiger partial charge in [0.1, 0.15) is 0 Å². The van der Waals surface area contributed by atoms with Gasteiger partial charge in [-0.3, -0.25) is 9.78 Å². The number of nitrogens with zero attached hydrogens (tertiary/aromatic N) is 2. The molecule has 0 unspecified atom stereocenters. The van der Waals surface area contributed by atoms with E-state index in [2.05, 4.69) is 31.9 Å². The fourth-order valence-electron chi connectivity index (χ4n) is 2.49. The van der Waals surface area contributed by atoms with E-state index in [1.807, 2.05) is 30.3 Å². The average molecular weight is 291 g/mol. The van der Waals surface area contributed by atoms with Gasteiger partial charge in [0.15, 0.2) is 5.84 Å². The molecule has 0 spiro atoms. The third-order valence-corrected chi connectivity index (χ3v) is 3.59. The van der Waals surface area contributed by atoms with Crippen molar-refractivity contribution in [2.75, 3.05) is 6.54 Å². The summed E-state index contributed by atoms with van der Waals surface area (Å²) in [5, 5.41) is 8.14. The van der Waals surface area contributed by atoms with E-state index in [1.54, 1.807) is 12.4 Å². The maximum absolute atomic E-state index is 11.1. The summed E-state index contributed by atoms with van der Waals surface area (Å²) in [5.41, 5.74) is 6.60. The van der Waals surface area contributed by atoms with Crippen molar-refractivity contribution >= 4 is 22.6 Å². The molecule has 0 bridgehead atoms. The molecule has 0 atom stereocenters. The van der Waals surface area contributed by atoms with E-state index in [-0.39, 0.29) is 12.5 Å². The van der Waals surface area contributed by atoms with E-state index in [1.165, 1.54) is 0 Å². The minimum atomic E-state index is -0.133. The van der Waals surface area contributed by atoms with Gasteiger partial charge in [0.05, 0.1) is 6.54 Å². The number of aromatic nitrogens is 2. The molecule has 0 radical (unpaired) electrons. The molecule has 1 aliphatic heterocycles. The number of hydrogen-bond acceptors (Lipinski definition) is 4. The van der Waals surface area contributed by atoms with Crippen molar-refractivity contribution in [2.24, 2.45) is 5.10 Å². The Morgan fingerprint density at radius 1 is 1.00 bits per heavy atom. The molecule has 22 heavy (non-hydrogen) atoms. The molecule has 1 aliphatic rings. The number of hydrogen-bond donors (Lipinski definition) is 3. The fraction of sp³-hybridized carbons (Fsp3) is 0.0625. The van der Waals surface area contributed by atoms with Gasteiger partial charge in [0.25, 0.3) is 5.91 Å². The second-order valence-electron chi connectivity index (χ2n) is 5.07. The van der Waals surface area contributed by atoms with Gasteiger partial charge in [-0.25, -0.2) is 5.43 Å². The first-order valence-electron chi connectivity index (χ1n) is 6.93. The number of fused-ring (bicyclic) bond motifs is 1. The first kappa shape index (κ1) is 12.6. The van der Waals surface area contributed by atoms with Crippen molar-refractivity contribution in [1.82, 2.24) is 20.7 Å². The third kappa shape index (κ3) is 2.20. The van der Waals surface area contributed by atoms with Gasteiger partial charge in [-0.1, -0.05) is 0 Å². The molecule has 0 aliphatic carbocycles. The maximum atomic E-state index is 11.1. The van der Waals surface area contributed by atoms with Crippen molar-refractivity contribution in [3.05, 3.63) is 54.4 Å². The minimum absolute atomic E-state index is 0.133. The van der Waals surface area contributed by atoms with Crippen LogP contribution in [0.3, 0.4) is 0 Å². The Balaban J connectivity index is 1.74. The Morgan fingerprint density at radius 3 is 2.64 bits per heavy atom. The number of amidine groups is 1. The van der Waals surface area contributed by atoms with E-state index < -0.39 is 0 Å². The standard InChI is InChI=1S/C16H13N5O/c22-15-9-18-16(21-20-15)11-1-2-13-12(7-11)8-14(19-13)10-3-5-17-6-4-10/h1-8,19H,9H2,(H,18,21)(H,20,22). The fourth-order valence-corrected chi connectivity index (χ4v) is 2.49. The molecule has 1 aromatic carbocycles. The summed E-state index contributed by atoms with van der Waals surface area (Å²) in [4.78, 5) is 18.5. The van der Waals surface area contributed by atoms with Crippen LogP contribution < -0.4 is 10.7 Å². The lowest BCUT2D eigenvalue weighted by molar-refractivity contribution is -0.120. The van der Waals surface area contributed by atoms with Crippen LogP contribution in [0.25, 0.3) is 22.2 Å². The van der Waals surface area contributed by atoms with Crippen molar-refractivity contribution in [1.29, 1.82) is 0 Å². The lowest BCUT2D eigenvalue weighted by Crippen LogP contribution is -2.42. The van der Waals surface area contributed by atoms with Gasteiger partial charge in [0, 0.05) is 40.1 Å². The average Bonchev–Trinajstić information content (AvgIpc) is 2.99. The Morgan fingerprint density at radius 2 is 1.86 bits per heavy atom. The zero-order valence-corrected chi connectivity index (χ0v) is 11.6. The molecule has 6 heteroatoms. The lowest BCUT2D eigenvalue weighted by atomic mass is 10.1. The Kier molecular flexibility index (Phi) is 2.86. The van der Waals surface area contributed by atoms with Crippen LogP contribution in [0, 0.1) is 0 Å². The Labute approximate surface area is 126 Å². The van der Waals surface area contributed by atoms with E-state index >= 15 is 0 Å². The topological polar surface area (TPSA) is 82.2 Å². The molecule has 4 rings (SSSR count). The lowest BCUT2D eigenvalue weighted by Gasteiger charge is -2.14. The van der Waals surface area contributed by atoms with Crippen LogP contribution in [-0.4, -0.2) is 28.3 Å². The minimum Gasteiger partial charge on any atom is -0.359 e. The van der Waals surface area contributed by atoms with E-state index in [0.29, 0.717) is 5.84 Å². The van der Waals surface area contributed by atoms with E-state index in [0.717, 1.165) is 27.7 Å². The molecule has 108 valence electrons. The Hall–Kier alpha value is -3.15. The molecule has 3 aromatic rings. The predicted molar refractivity (Wildman–Crippen MR) is 84.2 cm³/mol. The molecule has 2 aromatic heterocycles. The van der Waals surface area contributed by atoms with Crippen molar-refractivity contribution in [2.45, 2.75) is 0 Å². The van der Waals surface area contributed by atoms with Crippen LogP contribution in [0.15, 0.2) is 53.9 Å². The summed E-state index contributed by atoms with van der Waals surface area (Å²) >= 11 is 0. The van der Waals surface area contributed by atoms with Crippen molar-refractivity contribution in [3.8, 4) is 11.3 Å². The quantitative estimate of drug-likeness (QED) is 0.671. The number of H-pyrrole nitrogens is 1. The first-order chi connectivity index (χ1) is 10.8. The number of aromatic amines is 1. The van der Waals surface area contributed by atoms with Crippen LogP contribution >= 0.6 is 0 Å². The Bertz CT molecular complexity index is 882. The van der Waals surface area contributed by atoms with Crippen LogP contribution in [0.2, 0.25) is 0 Å².